The average Bonchev–Trinajstić information content (AvgIpc) is 2.89. The molecule has 0 radical (unpaired) electrons. The van der Waals surface area contributed by atoms with Crippen LogP contribution in [0.15, 0.2) is 63.3 Å². The van der Waals surface area contributed by atoms with Crippen molar-refractivity contribution in [2.45, 2.75) is 21.7 Å². The van der Waals surface area contributed by atoms with E-state index in [4.69, 9.17) is 0 Å². The molecule has 0 aliphatic carbocycles. The zero-order chi connectivity index (χ0) is 16.6. The predicted octanol–water partition coefficient (Wildman–Crippen LogP) is 4.63. The summed E-state index contributed by atoms with van der Waals surface area (Å²) >= 11 is 3.04. The number of fused-ring (bicyclic) bond motifs is 1. The van der Waals surface area contributed by atoms with Gasteiger partial charge < -0.3 is 0 Å². The lowest BCUT2D eigenvalue weighted by molar-refractivity contribution is 0.585. The van der Waals surface area contributed by atoms with E-state index < -0.39 is 10.0 Å². The van der Waals surface area contributed by atoms with Crippen LogP contribution in [0.25, 0.3) is 10.9 Å². The van der Waals surface area contributed by atoms with E-state index in [-0.39, 0.29) is 0 Å². The third-order valence-electron chi connectivity index (χ3n) is 3.70. The van der Waals surface area contributed by atoms with Crippen LogP contribution in [0.5, 0.6) is 0 Å². The van der Waals surface area contributed by atoms with Crippen molar-refractivity contribution in [2.24, 2.45) is 0 Å². The fourth-order valence-electron chi connectivity index (χ4n) is 2.59. The van der Waals surface area contributed by atoms with Gasteiger partial charge in [0.2, 0.25) is 0 Å². The number of benzene rings is 2. The highest BCUT2D eigenvalue weighted by atomic mass is 32.2. The van der Waals surface area contributed by atoms with Gasteiger partial charge in [0.05, 0.1) is 10.4 Å². The summed E-state index contributed by atoms with van der Waals surface area (Å²) in [5.41, 5.74) is 1.76. The zero-order valence-electron chi connectivity index (χ0n) is 13.1. The molecule has 1 heterocycles. The summed E-state index contributed by atoms with van der Waals surface area (Å²) in [6.07, 6.45) is 3.89. The highest BCUT2D eigenvalue weighted by Gasteiger charge is 2.26. The second-order valence-electron chi connectivity index (χ2n) is 5.14. The second-order valence-corrected chi connectivity index (χ2v) is 8.54. The molecule has 1 aromatic heterocycles. The van der Waals surface area contributed by atoms with Crippen molar-refractivity contribution in [3.8, 4) is 0 Å². The molecule has 0 fully saturated rings. The highest BCUT2D eigenvalue weighted by molar-refractivity contribution is 8.02. The average molecular weight is 364 g/mol. The summed E-state index contributed by atoms with van der Waals surface area (Å²) in [7, 11) is -3.63. The van der Waals surface area contributed by atoms with Crippen molar-refractivity contribution in [3.63, 3.8) is 0 Å². The Balaban J connectivity index is 2.37. The lowest BCUT2D eigenvalue weighted by Gasteiger charge is -2.11. The van der Waals surface area contributed by atoms with Gasteiger partial charge in [-0.1, -0.05) is 35.9 Å². The first-order valence-electron chi connectivity index (χ1n) is 7.04. The van der Waals surface area contributed by atoms with Crippen molar-refractivity contribution in [1.29, 1.82) is 0 Å². The minimum atomic E-state index is -3.63. The van der Waals surface area contributed by atoms with E-state index in [1.54, 1.807) is 23.9 Å². The van der Waals surface area contributed by atoms with E-state index in [1.807, 2.05) is 55.8 Å². The van der Waals surface area contributed by atoms with Gasteiger partial charge in [-0.05, 0) is 37.6 Å². The number of para-hydroxylation sites is 1. The lowest BCUT2D eigenvalue weighted by Crippen LogP contribution is -2.13. The number of aromatic nitrogens is 1. The summed E-state index contributed by atoms with van der Waals surface area (Å²) in [5, 5.41) is 1.74. The third-order valence-corrected chi connectivity index (χ3v) is 7.27. The first-order valence-corrected chi connectivity index (χ1v) is 10.9. The van der Waals surface area contributed by atoms with Crippen LogP contribution in [-0.4, -0.2) is 24.9 Å². The maximum absolute atomic E-state index is 13.2. The van der Waals surface area contributed by atoms with Gasteiger partial charge in [-0.3, -0.25) is 0 Å². The molecule has 0 N–H and O–H groups in total. The summed E-state index contributed by atoms with van der Waals surface area (Å²) in [4.78, 5) is 1.32. The Hall–Kier alpha value is -1.37. The first-order chi connectivity index (χ1) is 11.0. The topological polar surface area (TPSA) is 39.1 Å². The molecule has 3 nitrogen and oxygen atoms in total. The van der Waals surface area contributed by atoms with Crippen LogP contribution < -0.4 is 0 Å². The fourth-order valence-corrected chi connectivity index (χ4v) is 6.30. The Morgan fingerprint density at radius 2 is 1.57 bits per heavy atom. The third kappa shape index (κ3) is 2.69. The summed E-state index contributed by atoms with van der Waals surface area (Å²) in [5.74, 6) is 0. The van der Waals surface area contributed by atoms with Crippen LogP contribution in [0.2, 0.25) is 0 Å². The van der Waals surface area contributed by atoms with Gasteiger partial charge in [0.25, 0.3) is 10.0 Å². The molecule has 0 atom stereocenters. The van der Waals surface area contributed by atoms with Crippen molar-refractivity contribution in [1.82, 2.24) is 3.97 Å². The standard InChI is InChI=1S/C17H17NO2S3/c1-12-8-10-13(11-9-12)23(19,20)18-15-7-5-4-6-14(15)16(21-2)17(18)22-3/h4-11H,1-3H3. The van der Waals surface area contributed by atoms with Crippen molar-refractivity contribution in [2.75, 3.05) is 12.5 Å². The lowest BCUT2D eigenvalue weighted by atomic mass is 10.2. The van der Waals surface area contributed by atoms with Gasteiger partial charge in [0.15, 0.2) is 0 Å². The van der Waals surface area contributed by atoms with Crippen LogP contribution in [0.1, 0.15) is 5.56 Å². The quantitative estimate of drug-likeness (QED) is 0.634. The van der Waals surface area contributed by atoms with E-state index in [0.29, 0.717) is 4.90 Å². The molecule has 2 aromatic carbocycles. The molecule has 0 saturated carbocycles. The minimum Gasteiger partial charge on any atom is -0.227 e. The number of aryl methyl sites for hydroxylation is 1. The van der Waals surface area contributed by atoms with Crippen molar-refractivity contribution < 1.29 is 8.42 Å². The number of hydrogen-bond donors (Lipinski definition) is 0. The molecule has 0 unspecified atom stereocenters. The second kappa shape index (κ2) is 6.26. The monoisotopic (exact) mass is 363 g/mol. The number of rotatable bonds is 4. The maximum atomic E-state index is 13.2. The van der Waals surface area contributed by atoms with Crippen LogP contribution in [0.4, 0.5) is 0 Å². The van der Waals surface area contributed by atoms with Crippen LogP contribution in [-0.2, 0) is 10.0 Å². The van der Waals surface area contributed by atoms with E-state index in [0.717, 1.165) is 26.4 Å². The number of hydrogen-bond acceptors (Lipinski definition) is 4. The van der Waals surface area contributed by atoms with Gasteiger partial charge in [-0.2, -0.15) is 0 Å². The van der Waals surface area contributed by atoms with Crippen LogP contribution in [0, 0.1) is 6.92 Å². The molecule has 6 heteroatoms. The summed E-state index contributed by atoms with van der Waals surface area (Å²) in [6.45, 7) is 1.95. The largest absolute Gasteiger partial charge is 0.269 e. The Bertz CT molecular complexity index is 957. The predicted molar refractivity (Wildman–Crippen MR) is 99.3 cm³/mol. The Kier molecular flexibility index (Phi) is 4.49. The zero-order valence-corrected chi connectivity index (χ0v) is 15.6. The SMILES string of the molecule is CSc1c(SC)n(S(=O)(=O)c2ccc(C)cc2)c2ccccc12. The molecule has 23 heavy (non-hydrogen) atoms. The molecule has 0 amide bonds. The first kappa shape index (κ1) is 16.5. The summed E-state index contributed by atoms with van der Waals surface area (Å²) < 4.78 is 27.9. The molecule has 0 aliphatic heterocycles. The Labute approximate surface area is 145 Å². The number of nitrogens with zero attached hydrogens (tertiary/aromatic N) is 1. The molecule has 0 bridgehead atoms. The van der Waals surface area contributed by atoms with Crippen molar-refractivity contribution >= 4 is 44.4 Å². The van der Waals surface area contributed by atoms with Gasteiger partial charge in [0.1, 0.15) is 5.03 Å². The minimum absolute atomic E-state index is 0.312. The summed E-state index contributed by atoms with van der Waals surface area (Å²) in [6, 6.07) is 14.6. The molecule has 120 valence electrons. The van der Waals surface area contributed by atoms with Gasteiger partial charge in [0, 0.05) is 10.3 Å². The fraction of sp³-hybridized carbons (Fsp3) is 0.176. The van der Waals surface area contributed by atoms with Crippen LogP contribution >= 0.6 is 23.5 Å². The molecule has 0 aliphatic rings. The van der Waals surface area contributed by atoms with Gasteiger partial charge >= 0.3 is 0 Å². The molecule has 3 rings (SSSR count). The van der Waals surface area contributed by atoms with Gasteiger partial charge in [-0.15, -0.1) is 23.5 Å². The molecular weight excluding hydrogens is 346 g/mol. The Morgan fingerprint density at radius 3 is 2.17 bits per heavy atom. The maximum Gasteiger partial charge on any atom is 0.269 e. The molecule has 0 spiro atoms. The van der Waals surface area contributed by atoms with E-state index >= 15 is 0 Å². The normalized spacial score (nSPS) is 12.0. The van der Waals surface area contributed by atoms with Gasteiger partial charge in [-0.25, -0.2) is 12.4 Å². The highest BCUT2D eigenvalue weighted by Crippen LogP contribution is 2.40. The van der Waals surface area contributed by atoms with E-state index in [9.17, 15) is 8.42 Å². The Morgan fingerprint density at radius 1 is 0.913 bits per heavy atom. The smallest absolute Gasteiger partial charge is 0.227 e. The van der Waals surface area contributed by atoms with E-state index in [1.165, 1.54) is 15.7 Å². The molecule has 3 aromatic rings. The van der Waals surface area contributed by atoms with Crippen molar-refractivity contribution in [3.05, 3.63) is 54.1 Å². The molecule has 0 saturated heterocycles. The number of thioether (sulfide) groups is 2. The van der Waals surface area contributed by atoms with Crippen LogP contribution in [0.3, 0.4) is 0 Å². The van der Waals surface area contributed by atoms with E-state index in [2.05, 4.69) is 0 Å². The molecular formula is C17H17NO2S3.